The number of hydrogen-bond donors (Lipinski definition) is 2. The van der Waals surface area contributed by atoms with Gasteiger partial charge in [-0.2, -0.15) is 0 Å². The van der Waals surface area contributed by atoms with Gasteiger partial charge in [0, 0.05) is 18.7 Å². The second-order valence-electron chi connectivity index (χ2n) is 5.24. The summed E-state index contributed by atoms with van der Waals surface area (Å²) in [6.45, 7) is 5.16. The molecule has 0 radical (unpaired) electrons. The molecule has 1 amide bonds. The Morgan fingerprint density at radius 2 is 2.16 bits per heavy atom. The molecule has 104 valence electrons. The molecule has 1 aromatic rings. The molecule has 1 aliphatic heterocycles. The normalized spacial score (nSPS) is 17.4. The summed E-state index contributed by atoms with van der Waals surface area (Å²) >= 11 is 0. The Morgan fingerprint density at radius 3 is 2.84 bits per heavy atom. The maximum absolute atomic E-state index is 11.9. The quantitative estimate of drug-likeness (QED) is 0.843. The third kappa shape index (κ3) is 4.33. The fraction of sp³-hybridized carbons (Fsp3) is 0.533. The van der Waals surface area contributed by atoms with Gasteiger partial charge in [0.05, 0.1) is 6.10 Å². The highest BCUT2D eigenvalue weighted by atomic mass is 16.3. The Hall–Kier alpha value is -1.39. The van der Waals surface area contributed by atoms with Crippen molar-refractivity contribution in [2.45, 2.75) is 32.4 Å². The minimum absolute atomic E-state index is 0.121. The number of rotatable bonds is 5. The van der Waals surface area contributed by atoms with E-state index in [0.29, 0.717) is 5.56 Å². The van der Waals surface area contributed by atoms with E-state index in [2.05, 4.69) is 16.3 Å². The summed E-state index contributed by atoms with van der Waals surface area (Å²) in [4.78, 5) is 14.3. The number of amides is 1. The first-order valence-electron chi connectivity index (χ1n) is 6.93. The van der Waals surface area contributed by atoms with Crippen molar-refractivity contribution in [2.75, 3.05) is 19.6 Å². The molecular weight excluding hydrogens is 240 g/mol. The molecule has 1 aliphatic rings. The van der Waals surface area contributed by atoms with Gasteiger partial charge in [0.1, 0.15) is 0 Å². The van der Waals surface area contributed by atoms with E-state index in [-0.39, 0.29) is 12.5 Å². The van der Waals surface area contributed by atoms with Crippen molar-refractivity contribution in [3.05, 3.63) is 35.4 Å². The van der Waals surface area contributed by atoms with Gasteiger partial charge in [-0.1, -0.05) is 12.1 Å². The van der Waals surface area contributed by atoms with E-state index < -0.39 is 6.10 Å². The minimum Gasteiger partial charge on any atom is -0.392 e. The van der Waals surface area contributed by atoms with Crippen LogP contribution in [-0.2, 0) is 6.54 Å². The number of aliphatic hydroxyl groups excluding tert-OH is 1. The molecule has 1 atom stereocenters. The second-order valence-corrected chi connectivity index (χ2v) is 5.24. The van der Waals surface area contributed by atoms with E-state index >= 15 is 0 Å². The van der Waals surface area contributed by atoms with Crippen LogP contribution in [0.4, 0.5) is 0 Å². The van der Waals surface area contributed by atoms with Gasteiger partial charge in [-0.25, -0.2) is 0 Å². The largest absolute Gasteiger partial charge is 0.392 e. The molecule has 1 fully saturated rings. The van der Waals surface area contributed by atoms with Crippen LogP contribution in [0.2, 0.25) is 0 Å². The molecule has 0 saturated carbocycles. The van der Waals surface area contributed by atoms with Crippen LogP contribution in [0.15, 0.2) is 24.3 Å². The first-order chi connectivity index (χ1) is 9.15. The van der Waals surface area contributed by atoms with Crippen LogP contribution in [-0.4, -0.2) is 41.7 Å². The van der Waals surface area contributed by atoms with Gasteiger partial charge >= 0.3 is 0 Å². The molecule has 0 spiro atoms. The summed E-state index contributed by atoms with van der Waals surface area (Å²) < 4.78 is 0. The second kappa shape index (κ2) is 6.68. The maximum Gasteiger partial charge on any atom is 0.251 e. The fourth-order valence-corrected chi connectivity index (χ4v) is 2.35. The van der Waals surface area contributed by atoms with Gasteiger partial charge in [0.25, 0.3) is 5.91 Å². The highest BCUT2D eigenvalue weighted by Crippen LogP contribution is 2.13. The lowest BCUT2D eigenvalue weighted by atomic mass is 10.1. The molecule has 4 heteroatoms. The third-order valence-electron chi connectivity index (χ3n) is 3.35. The Kier molecular flexibility index (Phi) is 4.93. The summed E-state index contributed by atoms with van der Waals surface area (Å²) in [5.41, 5.74) is 1.84. The predicted octanol–water partition coefficient (Wildman–Crippen LogP) is 1.39. The third-order valence-corrected chi connectivity index (χ3v) is 3.35. The molecule has 0 aliphatic carbocycles. The summed E-state index contributed by atoms with van der Waals surface area (Å²) in [6, 6.07) is 7.73. The Balaban J connectivity index is 1.95. The molecule has 1 aromatic carbocycles. The molecule has 0 aromatic heterocycles. The summed E-state index contributed by atoms with van der Waals surface area (Å²) in [5.74, 6) is -0.121. The van der Waals surface area contributed by atoms with Crippen LogP contribution < -0.4 is 5.32 Å². The Morgan fingerprint density at radius 1 is 1.42 bits per heavy atom. The van der Waals surface area contributed by atoms with Crippen molar-refractivity contribution in [2.24, 2.45) is 0 Å². The molecule has 2 rings (SSSR count). The maximum atomic E-state index is 11.9. The van der Waals surface area contributed by atoms with Gasteiger partial charge in [0.2, 0.25) is 0 Å². The van der Waals surface area contributed by atoms with Crippen LogP contribution >= 0.6 is 0 Å². The summed E-state index contributed by atoms with van der Waals surface area (Å²) in [5, 5.41) is 11.9. The van der Waals surface area contributed by atoms with E-state index in [9.17, 15) is 9.90 Å². The Labute approximate surface area is 114 Å². The molecule has 2 N–H and O–H groups in total. The van der Waals surface area contributed by atoms with Crippen molar-refractivity contribution in [1.29, 1.82) is 0 Å². The van der Waals surface area contributed by atoms with Crippen molar-refractivity contribution in [3.8, 4) is 0 Å². The molecule has 19 heavy (non-hydrogen) atoms. The molecule has 1 heterocycles. The van der Waals surface area contributed by atoms with Crippen LogP contribution in [0.25, 0.3) is 0 Å². The van der Waals surface area contributed by atoms with Gasteiger partial charge in [-0.05, 0) is 50.6 Å². The lowest BCUT2D eigenvalue weighted by Crippen LogP contribution is -2.30. The summed E-state index contributed by atoms with van der Waals surface area (Å²) in [7, 11) is 0. The first-order valence-corrected chi connectivity index (χ1v) is 6.93. The van der Waals surface area contributed by atoms with Gasteiger partial charge in [-0.3, -0.25) is 9.69 Å². The lowest BCUT2D eigenvalue weighted by Gasteiger charge is -2.15. The summed E-state index contributed by atoms with van der Waals surface area (Å²) in [6.07, 6.45) is 2.03. The van der Waals surface area contributed by atoms with Crippen molar-refractivity contribution < 1.29 is 9.90 Å². The standard InChI is InChI=1S/C15H22N2O2/c1-12(18)10-16-15(19)14-6-4-5-13(9-14)11-17-7-2-3-8-17/h4-6,9,12,18H,2-3,7-8,10-11H2,1H3,(H,16,19). The number of nitrogens with one attached hydrogen (secondary N) is 1. The SMILES string of the molecule is CC(O)CNC(=O)c1cccc(CN2CCCC2)c1. The van der Waals surface area contributed by atoms with Crippen molar-refractivity contribution in [1.82, 2.24) is 10.2 Å². The lowest BCUT2D eigenvalue weighted by molar-refractivity contribution is 0.0924. The number of likely N-dealkylation sites (tertiary alicyclic amines) is 1. The highest BCUT2D eigenvalue weighted by Gasteiger charge is 2.13. The van der Waals surface area contributed by atoms with Gasteiger partial charge < -0.3 is 10.4 Å². The molecule has 1 unspecified atom stereocenters. The van der Waals surface area contributed by atoms with Crippen LogP contribution in [0.5, 0.6) is 0 Å². The molecular formula is C15H22N2O2. The zero-order valence-corrected chi connectivity index (χ0v) is 11.4. The molecule has 4 nitrogen and oxygen atoms in total. The Bertz CT molecular complexity index is 426. The predicted molar refractivity (Wildman–Crippen MR) is 75.0 cm³/mol. The van der Waals surface area contributed by atoms with Crippen LogP contribution in [0.1, 0.15) is 35.7 Å². The molecule has 0 bridgehead atoms. The number of carbonyl (C=O) groups excluding carboxylic acids is 1. The molecule has 1 saturated heterocycles. The zero-order chi connectivity index (χ0) is 13.7. The van der Waals surface area contributed by atoms with Gasteiger partial charge in [0.15, 0.2) is 0 Å². The topological polar surface area (TPSA) is 52.6 Å². The van der Waals surface area contributed by atoms with Crippen molar-refractivity contribution in [3.63, 3.8) is 0 Å². The number of hydrogen-bond acceptors (Lipinski definition) is 3. The van der Waals surface area contributed by atoms with E-state index in [1.807, 2.05) is 18.2 Å². The van der Waals surface area contributed by atoms with E-state index in [4.69, 9.17) is 0 Å². The smallest absolute Gasteiger partial charge is 0.251 e. The number of aliphatic hydroxyl groups is 1. The van der Waals surface area contributed by atoms with Crippen LogP contribution in [0, 0.1) is 0 Å². The van der Waals surface area contributed by atoms with E-state index in [1.54, 1.807) is 6.92 Å². The average molecular weight is 262 g/mol. The minimum atomic E-state index is -0.517. The van der Waals surface area contributed by atoms with E-state index in [0.717, 1.165) is 19.6 Å². The monoisotopic (exact) mass is 262 g/mol. The van der Waals surface area contributed by atoms with Crippen molar-refractivity contribution >= 4 is 5.91 Å². The van der Waals surface area contributed by atoms with Gasteiger partial charge in [-0.15, -0.1) is 0 Å². The fourth-order valence-electron chi connectivity index (χ4n) is 2.35. The number of nitrogens with zero attached hydrogens (tertiary/aromatic N) is 1. The highest BCUT2D eigenvalue weighted by molar-refractivity contribution is 5.94. The average Bonchev–Trinajstić information content (AvgIpc) is 2.89. The number of benzene rings is 1. The number of carbonyl (C=O) groups is 1. The first kappa shape index (κ1) is 14.0. The van der Waals surface area contributed by atoms with Crippen LogP contribution in [0.3, 0.4) is 0 Å². The van der Waals surface area contributed by atoms with E-state index in [1.165, 1.54) is 18.4 Å². The zero-order valence-electron chi connectivity index (χ0n) is 11.4.